The molecule has 0 amide bonds. The van der Waals surface area contributed by atoms with Crippen LogP contribution in [-0.4, -0.2) is 151 Å². The fourth-order valence-corrected chi connectivity index (χ4v) is 3.16. The van der Waals surface area contributed by atoms with Crippen molar-refractivity contribution in [2.75, 3.05) is 75.0 Å². The average molecular weight is 1030 g/mol. The van der Waals surface area contributed by atoms with E-state index in [2.05, 4.69) is 47.2 Å². The summed E-state index contributed by atoms with van der Waals surface area (Å²) in [5.41, 5.74) is 26.8. The number of nitrogens with zero attached hydrogens (tertiary/aromatic N) is 6. The van der Waals surface area contributed by atoms with Gasteiger partial charge in [-0.15, -0.1) is 0 Å². The minimum Gasteiger partial charge on any atom is -0.497 e. The van der Waals surface area contributed by atoms with Gasteiger partial charge in [0.2, 0.25) is 0 Å². The summed E-state index contributed by atoms with van der Waals surface area (Å²) in [5, 5.41) is 0. The smallest absolute Gasteiger partial charge is 0.418 e. The van der Waals surface area contributed by atoms with Crippen LogP contribution < -0.4 is 38.1 Å². The van der Waals surface area contributed by atoms with E-state index in [1.54, 1.807) is 79.7 Å². The fourth-order valence-electron chi connectivity index (χ4n) is 3.16. The lowest BCUT2D eigenvalue weighted by molar-refractivity contribution is -0.137. The Labute approximate surface area is 425 Å². The molecule has 0 unspecified atom stereocenters. The molecule has 4 aromatic rings. The van der Waals surface area contributed by atoms with Crippen LogP contribution in [0.25, 0.3) is 0 Å². The number of rotatable bonds is 11. The highest BCUT2D eigenvalue weighted by Crippen LogP contribution is 2.32. The van der Waals surface area contributed by atoms with E-state index in [1.165, 1.54) is 44.9 Å². The summed E-state index contributed by atoms with van der Waals surface area (Å²) in [6.07, 6.45) is 7.09. The topological polar surface area (TPSA) is 359 Å². The summed E-state index contributed by atoms with van der Waals surface area (Å²) in [7, 11) is 14.6. The third kappa shape index (κ3) is 67.5. The van der Waals surface area contributed by atoms with Crippen LogP contribution in [0.1, 0.15) is 11.1 Å². The summed E-state index contributed by atoms with van der Waals surface area (Å²) < 4.78 is 46.1. The van der Waals surface area contributed by atoms with Gasteiger partial charge in [-0.3, -0.25) is 68.3 Å². The zero-order valence-corrected chi connectivity index (χ0v) is 42.6. The maximum absolute atomic E-state index is 12.0. The van der Waals surface area contributed by atoms with E-state index in [9.17, 15) is 13.2 Å². The number of aryl methyl sites for hydroxylation is 1. The predicted molar refractivity (Wildman–Crippen MR) is 290 cm³/mol. The van der Waals surface area contributed by atoms with Gasteiger partial charge in [0.05, 0.1) is 31.2 Å². The van der Waals surface area contributed by atoms with Gasteiger partial charge in [-0.25, -0.2) is 0 Å². The van der Waals surface area contributed by atoms with Crippen LogP contribution in [-0.2, 0) is 44.5 Å². The standard InChI is InChI=1S/C16H16N2O2.C7H6F3N.C7H9N.2C4H8N2.4C2H2O2.3CH5N/c1-19-15-7-3-13(4-8-15)17-11-12-18-14-5-9-16(20-2)10-6-14;8-7(9,10)5-3-1-2-4-6(5)11;1-6-2-4-7(8)5-3-6;2*1-5-3-4-6-2;4*3-1-2-4;3*1-2/h3-12H,1-2H3;1-4H,11H2;2-5H,8H2,1H3;2*3-4H,1-2H3;4*1-2H;3*2H2,1H3. The Morgan fingerprint density at radius 3 is 0.890 bits per heavy atom. The van der Waals surface area contributed by atoms with Crippen molar-refractivity contribution in [2.45, 2.75) is 13.1 Å². The minimum atomic E-state index is -4.34. The number of hydrogen-bond acceptors (Lipinski definition) is 21. The van der Waals surface area contributed by atoms with Gasteiger partial charge in [0, 0.05) is 76.9 Å². The highest BCUT2D eigenvalue weighted by molar-refractivity contribution is 6.17. The van der Waals surface area contributed by atoms with Crippen LogP contribution in [0.4, 0.5) is 35.9 Å². The maximum atomic E-state index is 12.0. The van der Waals surface area contributed by atoms with E-state index in [0.29, 0.717) is 0 Å². The number of carbonyl (C=O) groups excluding carboxylic acids is 8. The predicted octanol–water partition coefficient (Wildman–Crippen LogP) is 4.71. The molecule has 0 aliphatic rings. The van der Waals surface area contributed by atoms with Gasteiger partial charge in [0.1, 0.15) is 11.5 Å². The number of hydrogen-bond donors (Lipinski definition) is 5. The molecule has 0 aliphatic heterocycles. The molecule has 0 saturated heterocycles. The second-order valence-corrected chi connectivity index (χ2v) is 10.7. The molecule has 10 N–H and O–H groups in total. The number of nitrogen functional groups attached to an aromatic ring is 2. The van der Waals surface area contributed by atoms with Gasteiger partial charge in [-0.1, -0.05) is 29.8 Å². The maximum Gasteiger partial charge on any atom is 0.418 e. The monoisotopic (exact) mass is 1030 g/mol. The van der Waals surface area contributed by atoms with E-state index < -0.39 is 11.7 Å². The largest absolute Gasteiger partial charge is 0.497 e. The van der Waals surface area contributed by atoms with Gasteiger partial charge in [-0.2, -0.15) is 13.2 Å². The van der Waals surface area contributed by atoms with E-state index >= 15 is 0 Å². The summed E-state index contributed by atoms with van der Waals surface area (Å²) in [6.45, 7) is 2.04. The SMILES string of the molecule is CN.CN.CN.CN=CC=NC.CN=CC=NC.COc1ccc(N=CC=Nc2ccc(OC)cc2)cc1.Cc1ccc(N)cc1.Nc1ccccc1C(F)(F)F.O=CC=O.O=CC=O.O=CC=O.O=CC=O. The Kier molecular flexibility index (Phi) is 77.5. The molecule has 4 aromatic carbocycles. The summed E-state index contributed by atoms with van der Waals surface area (Å²) in [5.74, 6) is 1.63. The lowest BCUT2D eigenvalue weighted by Gasteiger charge is -2.07. The molecular formula is C49H70F3N11O10. The van der Waals surface area contributed by atoms with Crippen LogP contribution in [0.5, 0.6) is 11.5 Å². The summed E-state index contributed by atoms with van der Waals surface area (Å²) in [4.78, 5) is 93.6. The Morgan fingerprint density at radius 1 is 0.425 bits per heavy atom. The number of anilines is 2. The van der Waals surface area contributed by atoms with Gasteiger partial charge >= 0.3 is 6.18 Å². The van der Waals surface area contributed by atoms with E-state index in [-0.39, 0.29) is 56.0 Å². The number of para-hydroxylation sites is 1. The Balaban J connectivity index is -0.000000115. The first kappa shape index (κ1) is 81.1. The van der Waals surface area contributed by atoms with E-state index in [4.69, 9.17) is 59.3 Å². The number of nitrogens with two attached hydrogens (primary N) is 5. The quantitative estimate of drug-likeness (QED) is 0.0588. The first-order valence-corrected chi connectivity index (χ1v) is 20.1. The normalized spacial score (nSPS) is 9.04. The highest BCUT2D eigenvalue weighted by atomic mass is 19.4. The van der Waals surface area contributed by atoms with Crippen molar-refractivity contribution in [3.05, 3.63) is 108 Å². The number of carbonyl (C=O) groups is 8. The first-order chi connectivity index (χ1) is 35.1. The van der Waals surface area contributed by atoms with Gasteiger partial charge in [0.25, 0.3) is 0 Å². The van der Waals surface area contributed by atoms with Crippen LogP contribution >= 0.6 is 0 Å². The highest BCUT2D eigenvalue weighted by Gasteiger charge is 2.32. The van der Waals surface area contributed by atoms with Gasteiger partial charge in [0.15, 0.2) is 50.3 Å². The lowest BCUT2D eigenvalue weighted by atomic mass is 10.2. The molecule has 0 saturated carbocycles. The average Bonchev–Trinajstić information content (AvgIpc) is 3.44. The molecule has 0 spiro atoms. The molecule has 21 nitrogen and oxygen atoms in total. The molecule has 24 heteroatoms. The van der Waals surface area contributed by atoms with E-state index in [0.717, 1.165) is 34.6 Å². The minimum absolute atomic E-state index is 0.194. The van der Waals surface area contributed by atoms with E-state index in [1.807, 2.05) is 79.7 Å². The number of benzene rings is 4. The van der Waals surface area contributed by atoms with Crippen LogP contribution in [0.15, 0.2) is 127 Å². The summed E-state index contributed by atoms with van der Waals surface area (Å²) in [6, 6.07) is 27.7. The van der Waals surface area contributed by atoms with Crippen molar-refractivity contribution in [2.24, 2.45) is 47.2 Å². The number of methoxy groups -OCH3 is 2. The number of aldehydes is 8. The summed E-state index contributed by atoms with van der Waals surface area (Å²) >= 11 is 0. The van der Waals surface area contributed by atoms with Crippen LogP contribution in [0.3, 0.4) is 0 Å². The van der Waals surface area contributed by atoms with Crippen molar-refractivity contribution < 1.29 is 61.0 Å². The second-order valence-electron chi connectivity index (χ2n) is 10.7. The number of ether oxygens (including phenoxy) is 2. The molecular weight excluding hydrogens is 960 g/mol. The zero-order valence-electron chi connectivity index (χ0n) is 42.6. The molecule has 0 radical (unpaired) electrons. The molecule has 0 atom stereocenters. The van der Waals surface area contributed by atoms with Crippen LogP contribution in [0.2, 0.25) is 0 Å². The number of aliphatic imine (C=N–C) groups is 6. The molecule has 0 bridgehead atoms. The number of alkyl halides is 3. The Bertz CT molecular complexity index is 1900. The molecule has 4 rings (SSSR count). The second kappa shape index (κ2) is 69.7. The number of halogens is 3. The van der Waals surface area contributed by atoms with Crippen molar-refractivity contribution in [1.82, 2.24) is 0 Å². The lowest BCUT2D eigenvalue weighted by Crippen LogP contribution is -2.07. The molecule has 73 heavy (non-hydrogen) atoms. The molecule has 402 valence electrons. The zero-order chi connectivity index (χ0) is 58.0. The van der Waals surface area contributed by atoms with Crippen LogP contribution in [0, 0.1) is 6.92 Å². The van der Waals surface area contributed by atoms with Crippen molar-refractivity contribution in [3.8, 4) is 11.5 Å². The Morgan fingerprint density at radius 2 is 0.699 bits per heavy atom. The third-order valence-electron chi connectivity index (χ3n) is 5.95. The third-order valence-corrected chi connectivity index (χ3v) is 5.95. The molecule has 0 aromatic heterocycles. The molecule has 0 fully saturated rings. The Hall–Kier alpha value is -8.87. The van der Waals surface area contributed by atoms with Crippen molar-refractivity contribution in [1.29, 1.82) is 0 Å². The van der Waals surface area contributed by atoms with Gasteiger partial charge in [-0.05, 0) is 101 Å². The van der Waals surface area contributed by atoms with Crippen molar-refractivity contribution in [3.63, 3.8) is 0 Å². The fraction of sp³-hybridized carbons (Fsp3) is 0.224. The van der Waals surface area contributed by atoms with Crippen molar-refractivity contribution >= 4 is 110 Å². The molecule has 0 aliphatic carbocycles. The molecule has 0 heterocycles. The first-order valence-electron chi connectivity index (χ1n) is 20.1. The van der Waals surface area contributed by atoms with Gasteiger partial charge < -0.3 is 38.1 Å².